The van der Waals surface area contributed by atoms with E-state index in [9.17, 15) is 17.6 Å². The first-order valence-corrected chi connectivity index (χ1v) is 8.80. The molecule has 0 saturated carbocycles. The summed E-state index contributed by atoms with van der Waals surface area (Å²) < 4.78 is 37.6. The fourth-order valence-corrected chi connectivity index (χ4v) is 3.20. The number of pyridine rings is 1. The van der Waals surface area contributed by atoms with Gasteiger partial charge in [0.05, 0.1) is 18.1 Å². The van der Waals surface area contributed by atoms with E-state index in [2.05, 4.69) is 15.6 Å². The summed E-state index contributed by atoms with van der Waals surface area (Å²) >= 11 is 0. The fraction of sp³-hybridized carbons (Fsp3) is 0.538. The van der Waals surface area contributed by atoms with Gasteiger partial charge in [-0.15, -0.1) is 0 Å². The zero-order chi connectivity index (χ0) is 16.2. The summed E-state index contributed by atoms with van der Waals surface area (Å²) in [5, 5.41) is 5.09. The number of halogens is 1. The first-order chi connectivity index (χ1) is 10.4. The molecule has 9 heteroatoms. The number of hydrogen-bond donors (Lipinski definition) is 2. The molecule has 0 unspecified atom stereocenters. The Hall–Kier alpha value is -1.74. The van der Waals surface area contributed by atoms with Crippen LogP contribution in [0.5, 0.6) is 0 Å². The molecule has 1 saturated heterocycles. The lowest BCUT2D eigenvalue weighted by atomic mass is 9.98. The number of urea groups is 1. The van der Waals surface area contributed by atoms with E-state index in [0.29, 0.717) is 32.5 Å². The van der Waals surface area contributed by atoms with Gasteiger partial charge in [0, 0.05) is 25.8 Å². The lowest BCUT2D eigenvalue weighted by Gasteiger charge is -2.30. The van der Waals surface area contributed by atoms with Crippen molar-refractivity contribution in [3.05, 3.63) is 24.3 Å². The van der Waals surface area contributed by atoms with Crippen LogP contribution in [0.25, 0.3) is 0 Å². The fourth-order valence-electron chi connectivity index (χ4n) is 2.33. The zero-order valence-electron chi connectivity index (χ0n) is 12.3. The van der Waals surface area contributed by atoms with Crippen LogP contribution in [0.2, 0.25) is 0 Å². The number of anilines is 1. The van der Waals surface area contributed by atoms with Gasteiger partial charge in [0.1, 0.15) is 0 Å². The van der Waals surface area contributed by atoms with E-state index in [4.69, 9.17) is 0 Å². The third-order valence-electron chi connectivity index (χ3n) is 3.61. The highest BCUT2D eigenvalue weighted by Crippen LogP contribution is 2.18. The molecule has 122 valence electrons. The maximum Gasteiger partial charge on any atom is 0.319 e. The maximum absolute atomic E-state index is 13.3. The molecule has 2 amide bonds. The molecule has 1 aromatic heterocycles. The number of carbonyl (C=O) groups excluding carboxylic acids is 1. The van der Waals surface area contributed by atoms with Gasteiger partial charge < -0.3 is 10.6 Å². The summed E-state index contributed by atoms with van der Waals surface area (Å²) in [5.74, 6) is -0.384. The quantitative estimate of drug-likeness (QED) is 0.862. The minimum absolute atomic E-state index is 0.0689. The molecule has 22 heavy (non-hydrogen) atoms. The predicted molar refractivity (Wildman–Crippen MR) is 80.4 cm³/mol. The van der Waals surface area contributed by atoms with Crippen LogP contribution in [0.3, 0.4) is 0 Å². The normalized spacial score (nSPS) is 17.2. The van der Waals surface area contributed by atoms with E-state index in [1.165, 1.54) is 22.8 Å². The van der Waals surface area contributed by atoms with Crippen LogP contribution < -0.4 is 10.6 Å². The second-order valence-corrected chi connectivity index (χ2v) is 7.28. The van der Waals surface area contributed by atoms with Crippen molar-refractivity contribution in [2.75, 3.05) is 31.2 Å². The highest BCUT2D eigenvalue weighted by atomic mass is 32.2. The molecule has 0 radical (unpaired) electrons. The summed E-state index contributed by atoms with van der Waals surface area (Å²) in [6.45, 7) is 1.35. The van der Waals surface area contributed by atoms with Crippen molar-refractivity contribution < 1.29 is 17.6 Å². The number of sulfonamides is 1. The molecule has 0 bridgehead atoms. The topological polar surface area (TPSA) is 91.4 Å². The molecule has 0 aromatic carbocycles. The third kappa shape index (κ3) is 4.63. The van der Waals surface area contributed by atoms with Gasteiger partial charge in [-0.3, -0.25) is 4.98 Å². The second kappa shape index (κ2) is 7.01. The van der Waals surface area contributed by atoms with Crippen LogP contribution in [0.1, 0.15) is 12.8 Å². The molecule has 1 aliphatic rings. The third-order valence-corrected chi connectivity index (χ3v) is 4.92. The van der Waals surface area contributed by atoms with E-state index < -0.39 is 21.9 Å². The van der Waals surface area contributed by atoms with E-state index in [-0.39, 0.29) is 11.6 Å². The number of carbonyl (C=O) groups is 1. The predicted octanol–water partition coefficient (Wildman–Crippen LogP) is 1.01. The SMILES string of the molecule is CS(=O)(=O)N1CCC(CNC(=O)Nc2ccncc2F)CC1. The summed E-state index contributed by atoms with van der Waals surface area (Å²) in [6, 6.07) is 0.884. The van der Waals surface area contributed by atoms with E-state index >= 15 is 0 Å². The Bertz CT molecular complexity index is 630. The molecule has 1 aliphatic heterocycles. The van der Waals surface area contributed by atoms with Crippen LogP contribution >= 0.6 is 0 Å². The summed E-state index contributed by atoms with van der Waals surface area (Å²) in [5.41, 5.74) is 0.0689. The summed E-state index contributed by atoms with van der Waals surface area (Å²) in [6.07, 6.45) is 4.99. The lowest BCUT2D eigenvalue weighted by Crippen LogP contribution is -2.41. The molecule has 0 spiro atoms. The Balaban J connectivity index is 1.75. The summed E-state index contributed by atoms with van der Waals surface area (Å²) in [4.78, 5) is 15.3. The Kier molecular flexibility index (Phi) is 5.30. The Morgan fingerprint density at radius 1 is 1.45 bits per heavy atom. The number of aromatic nitrogens is 1. The zero-order valence-corrected chi connectivity index (χ0v) is 13.1. The van der Waals surface area contributed by atoms with Crippen LogP contribution in [-0.4, -0.2) is 49.6 Å². The Morgan fingerprint density at radius 3 is 2.73 bits per heavy atom. The smallest absolute Gasteiger partial charge is 0.319 e. The minimum atomic E-state index is -3.14. The Morgan fingerprint density at radius 2 is 2.14 bits per heavy atom. The van der Waals surface area contributed by atoms with Crippen LogP contribution in [0.15, 0.2) is 18.5 Å². The summed E-state index contributed by atoms with van der Waals surface area (Å²) in [7, 11) is -3.14. The van der Waals surface area contributed by atoms with Crippen molar-refractivity contribution in [2.45, 2.75) is 12.8 Å². The molecular weight excluding hydrogens is 311 g/mol. The van der Waals surface area contributed by atoms with Gasteiger partial charge >= 0.3 is 6.03 Å². The second-order valence-electron chi connectivity index (χ2n) is 5.30. The van der Waals surface area contributed by atoms with Crippen molar-refractivity contribution in [2.24, 2.45) is 5.92 Å². The first kappa shape index (κ1) is 16.6. The molecule has 2 rings (SSSR count). The van der Waals surface area contributed by atoms with Gasteiger partial charge in [-0.2, -0.15) is 0 Å². The number of amides is 2. The van der Waals surface area contributed by atoms with Crippen LogP contribution in [-0.2, 0) is 10.0 Å². The molecule has 2 N–H and O–H groups in total. The minimum Gasteiger partial charge on any atom is -0.338 e. The van der Waals surface area contributed by atoms with E-state index in [0.717, 1.165) is 6.20 Å². The molecular formula is C13H19FN4O3S. The molecule has 2 heterocycles. The van der Waals surface area contributed by atoms with Crippen molar-refractivity contribution in [1.29, 1.82) is 0 Å². The first-order valence-electron chi connectivity index (χ1n) is 6.96. The largest absolute Gasteiger partial charge is 0.338 e. The molecule has 7 nitrogen and oxygen atoms in total. The van der Waals surface area contributed by atoms with Crippen molar-refractivity contribution in [3.63, 3.8) is 0 Å². The number of rotatable bonds is 4. The van der Waals surface area contributed by atoms with Crippen molar-refractivity contribution in [1.82, 2.24) is 14.6 Å². The van der Waals surface area contributed by atoms with Gasteiger partial charge in [0.2, 0.25) is 10.0 Å². The van der Waals surface area contributed by atoms with Crippen molar-refractivity contribution in [3.8, 4) is 0 Å². The highest BCUT2D eigenvalue weighted by Gasteiger charge is 2.25. The van der Waals surface area contributed by atoms with E-state index in [1.54, 1.807) is 0 Å². The molecule has 1 aromatic rings. The Labute approximate surface area is 129 Å². The number of nitrogens with one attached hydrogen (secondary N) is 2. The lowest BCUT2D eigenvalue weighted by molar-refractivity contribution is 0.240. The van der Waals surface area contributed by atoms with Gasteiger partial charge in [-0.1, -0.05) is 0 Å². The van der Waals surface area contributed by atoms with Gasteiger partial charge in [-0.25, -0.2) is 21.9 Å². The standard InChI is InChI=1S/C13H19FN4O3S/c1-22(20,21)18-6-3-10(4-7-18)8-16-13(19)17-12-2-5-15-9-11(12)14/h2,5,9-10H,3-4,6-8H2,1H3,(H2,15,16,17,19). The van der Waals surface area contributed by atoms with E-state index in [1.807, 2.05) is 0 Å². The molecule has 0 aliphatic carbocycles. The van der Waals surface area contributed by atoms with Gasteiger partial charge in [0.25, 0.3) is 0 Å². The van der Waals surface area contributed by atoms with Crippen LogP contribution in [0, 0.1) is 11.7 Å². The van der Waals surface area contributed by atoms with Gasteiger partial charge in [0.15, 0.2) is 5.82 Å². The average Bonchev–Trinajstić information content (AvgIpc) is 2.47. The number of nitrogens with zero attached hydrogens (tertiary/aromatic N) is 2. The molecule has 1 fully saturated rings. The average molecular weight is 330 g/mol. The maximum atomic E-state index is 13.3. The van der Waals surface area contributed by atoms with Crippen LogP contribution in [0.4, 0.5) is 14.9 Å². The van der Waals surface area contributed by atoms with Crippen molar-refractivity contribution >= 4 is 21.7 Å². The number of hydrogen-bond acceptors (Lipinski definition) is 4. The molecule has 0 atom stereocenters. The highest BCUT2D eigenvalue weighted by molar-refractivity contribution is 7.88. The number of piperidine rings is 1. The monoisotopic (exact) mass is 330 g/mol. The van der Waals surface area contributed by atoms with Gasteiger partial charge in [-0.05, 0) is 24.8 Å².